The Bertz CT molecular complexity index is 1530. The van der Waals surface area contributed by atoms with Crippen LogP contribution >= 0.6 is 0 Å². The highest BCUT2D eigenvalue weighted by molar-refractivity contribution is 6.10. The Morgan fingerprint density at radius 2 is 1.74 bits per heavy atom. The molecule has 0 radical (unpaired) electrons. The summed E-state index contributed by atoms with van der Waals surface area (Å²) in [5.74, 6) is -0.0770. The molecule has 1 amide bonds. The van der Waals surface area contributed by atoms with Crippen LogP contribution in [-0.4, -0.2) is 38.4 Å². The van der Waals surface area contributed by atoms with E-state index in [1.807, 2.05) is 54.6 Å². The van der Waals surface area contributed by atoms with Crippen LogP contribution in [0.3, 0.4) is 0 Å². The summed E-state index contributed by atoms with van der Waals surface area (Å²) in [6.45, 7) is 0.447. The van der Waals surface area contributed by atoms with Crippen LogP contribution in [0.1, 0.15) is 21.5 Å². The molecule has 0 fully saturated rings. The number of anilines is 1. The van der Waals surface area contributed by atoms with E-state index < -0.39 is 0 Å². The van der Waals surface area contributed by atoms with Gasteiger partial charge in [0.1, 0.15) is 22.6 Å². The van der Waals surface area contributed by atoms with Gasteiger partial charge in [0, 0.05) is 6.54 Å². The summed E-state index contributed by atoms with van der Waals surface area (Å²) >= 11 is 0. The molecule has 0 aliphatic rings. The van der Waals surface area contributed by atoms with E-state index in [9.17, 15) is 9.90 Å². The van der Waals surface area contributed by atoms with Crippen molar-refractivity contribution in [1.82, 2.24) is 20.0 Å². The lowest BCUT2D eigenvalue weighted by atomic mass is 10.1. The number of amides is 1. The van der Waals surface area contributed by atoms with Gasteiger partial charge < -0.3 is 16.2 Å². The zero-order valence-corrected chi connectivity index (χ0v) is 18.2. The minimum Gasteiger partial charge on any atom is -0.508 e. The van der Waals surface area contributed by atoms with Crippen LogP contribution in [0, 0.1) is 0 Å². The van der Waals surface area contributed by atoms with Gasteiger partial charge in [0.05, 0.1) is 17.2 Å². The number of carbonyl (C=O) groups excluding carboxylic acids is 1. The summed E-state index contributed by atoms with van der Waals surface area (Å²) in [5.41, 5.74) is 10.5. The van der Waals surface area contributed by atoms with Gasteiger partial charge in [-0.3, -0.25) is 4.79 Å². The van der Waals surface area contributed by atoms with Crippen LogP contribution in [0.4, 0.5) is 5.82 Å². The molecule has 4 N–H and O–H groups in total. The highest BCUT2D eigenvalue weighted by atomic mass is 16.3. The molecule has 0 aliphatic heterocycles. The van der Waals surface area contributed by atoms with Gasteiger partial charge in [-0.1, -0.05) is 54.6 Å². The molecule has 0 aliphatic carbocycles. The van der Waals surface area contributed by atoms with E-state index in [2.05, 4.69) is 20.4 Å². The second-order valence-corrected chi connectivity index (χ2v) is 7.79. The topological polar surface area (TPSA) is 118 Å². The molecule has 2 heterocycles. The summed E-state index contributed by atoms with van der Waals surface area (Å²) in [7, 11) is 0. The molecule has 8 heteroatoms. The number of rotatable bonds is 6. The minimum absolute atomic E-state index is 0.124. The Kier molecular flexibility index (Phi) is 5.61. The second-order valence-electron chi connectivity index (χ2n) is 7.79. The summed E-state index contributed by atoms with van der Waals surface area (Å²) in [6, 6.07) is 24.0. The number of nitrogens with zero attached hydrogens (tertiary/aromatic N) is 4. The van der Waals surface area contributed by atoms with Crippen molar-refractivity contribution < 1.29 is 9.90 Å². The van der Waals surface area contributed by atoms with Crippen LogP contribution in [-0.2, 0) is 6.42 Å². The molecule has 0 spiro atoms. The van der Waals surface area contributed by atoms with Crippen LogP contribution in [0.25, 0.3) is 22.2 Å². The number of para-hydroxylation sites is 2. The van der Waals surface area contributed by atoms with Gasteiger partial charge >= 0.3 is 0 Å². The van der Waals surface area contributed by atoms with Crippen LogP contribution in [0.5, 0.6) is 5.75 Å². The number of hydrogen-bond donors (Lipinski definition) is 3. The van der Waals surface area contributed by atoms with Crippen molar-refractivity contribution in [3.8, 4) is 5.75 Å². The standard InChI is InChI=1S/C26H22N6O2/c27-24-22(26(34)28-14-13-17-7-2-1-3-8-17)23-25(31-21-12-5-4-11-20(21)30-23)32(24)29-16-18-9-6-10-19(33)15-18/h1-12,15-16,33H,13-14,27H2,(H,28,34)/b29-16+. The molecule has 0 saturated carbocycles. The van der Waals surface area contributed by atoms with Crippen molar-refractivity contribution in [3.05, 3.63) is 95.6 Å². The molecule has 8 nitrogen and oxygen atoms in total. The van der Waals surface area contributed by atoms with Gasteiger partial charge in [0.25, 0.3) is 5.91 Å². The quantitative estimate of drug-likeness (QED) is 0.341. The Labute approximate surface area is 195 Å². The molecule has 3 aromatic carbocycles. The zero-order chi connectivity index (χ0) is 23.5. The van der Waals surface area contributed by atoms with E-state index in [-0.39, 0.29) is 23.0 Å². The maximum Gasteiger partial charge on any atom is 0.257 e. The molecule has 0 unspecified atom stereocenters. The van der Waals surface area contributed by atoms with Gasteiger partial charge in [0.15, 0.2) is 5.65 Å². The Morgan fingerprint density at radius 3 is 2.50 bits per heavy atom. The van der Waals surface area contributed by atoms with Crippen molar-refractivity contribution in [2.45, 2.75) is 6.42 Å². The van der Waals surface area contributed by atoms with Crippen molar-refractivity contribution in [1.29, 1.82) is 0 Å². The van der Waals surface area contributed by atoms with Crippen molar-refractivity contribution in [2.24, 2.45) is 5.10 Å². The van der Waals surface area contributed by atoms with E-state index in [1.54, 1.807) is 30.5 Å². The van der Waals surface area contributed by atoms with E-state index in [0.717, 1.165) is 5.56 Å². The van der Waals surface area contributed by atoms with E-state index in [0.29, 0.717) is 40.7 Å². The molecule has 5 rings (SSSR count). The smallest absolute Gasteiger partial charge is 0.257 e. The van der Waals surface area contributed by atoms with Gasteiger partial charge in [-0.05, 0) is 41.8 Å². The maximum atomic E-state index is 13.2. The minimum atomic E-state index is -0.339. The van der Waals surface area contributed by atoms with Crippen LogP contribution < -0.4 is 11.1 Å². The first-order valence-electron chi connectivity index (χ1n) is 10.8. The number of aromatic hydroxyl groups is 1. The molecule has 0 bridgehead atoms. The predicted octanol–water partition coefficient (Wildman–Crippen LogP) is 3.73. The highest BCUT2D eigenvalue weighted by Crippen LogP contribution is 2.28. The Morgan fingerprint density at radius 1 is 1.00 bits per heavy atom. The van der Waals surface area contributed by atoms with E-state index in [1.165, 1.54) is 4.68 Å². The number of carbonyl (C=O) groups is 1. The zero-order valence-electron chi connectivity index (χ0n) is 18.2. The number of nitrogens with one attached hydrogen (secondary N) is 1. The second kappa shape index (κ2) is 9.03. The van der Waals surface area contributed by atoms with Gasteiger partial charge in [-0.25, -0.2) is 9.97 Å². The SMILES string of the molecule is Nc1c(C(=O)NCCc2ccccc2)c2nc3ccccc3nc2n1/N=C/c1cccc(O)c1. The maximum absolute atomic E-state index is 13.2. The number of phenolic OH excluding ortho intramolecular Hbond substituents is 1. The average molecular weight is 451 g/mol. The van der Waals surface area contributed by atoms with Crippen LogP contribution in [0.15, 0.2) is 84.0 Å². The number of phenols is 1. The fourth-order valence-corrected chi connectivity index (χ4v) is 3.77. The molecule has 5 aromatic rings. The number of aromatic nitrogens is 3. The predicted molar refractivity (Wildman–Crippen MR) is 133 cm³/mol. The fraction of sp³-hybridized carbons (Fsp3) is 0.0769. The lowest BCUT2D eigenvalue weighted by Gasteiger charge is -2.05. The largest absolute Gasteiger partial charge is 0.508 e. The lowest BCUT2D eigenvalue weighted by molar-refractivity contribution is 0.0956. The molecule has 34 heavy (non-hydrogen) atoms. The van der Waals surface area contributed by atoms with Crippen molar-refractivity contribution in [3.63, 3.8) is 0 Å². The monoisotopic (exact) mass is 450 g/mol. The molecule has 0 atom stereocenters. The number of nitrogen functional groups attached to an aromatic ring is 1. The third-order valence-electron chi connectivity index (χ3n) is 5.44. The van der Waals surface area contributed by atoms with Gasteiger partial charge in [-0.2, -0.15) is 9.78 Å². The summed E-state index contributed by atoms with van der Waals surface area (Å²) in [6.07, 6.45) is 2.23. The molecular formula is C26H22N6O2. The summed E-state index contributed by atoms with van der Waals surface area (Å²) in [4.78, 5) is 22.5. The Balaban J connectivity index is 1.54. The van der Waals surface area contributed by atoms with Gasteiger partial charge in [-0.15, -0.1) is 0 Å². The third kappa shape index (κ3) is 4.16. The van der Waals surface area contributed by atoms with Crippen molar-refractivity contribution >= 4 is 40.1 Å². The average Bonchev–Trinajstić information content (AvgIpc) is 3.12. The summed E-state index contributed by atoms with van der Waals surface area (Å²) < 4.78 is 1.41. The van der Waals surface area contributed by atoms with E-state index in [4.69, 9.17) is 5.73 Å². The first-order valence-corrected chi connectivity index (χ1v) is 10.8. The number of hydrogen-bond acceptors (Lipinski definition) is 6. The molecule has 168 valence electrons. The first-order chi connectivity index (χ1) is 16.6. The normalized spacial score (nSPS) is 11.4. The lowest BCUT2D eigenvalue weighted by Crippen LogP contribution is -2.26. The van der Waals surface area contributed by atoms with E-state index >= 15 is 0 Å². The fourth-order valence-electron chi connectivity index (χ4n) is 3.77. The molecule has 0 saturated heterocycles. The van der Waals surface area contributed by atoms with Crippen molar-refractivity contribution in [2.75, 3.05) is 12.3 Å². The highest BCUT2D eigenvalue weighted by Gasteiger charge is 2.23. The number of nitrogens with two attached hydrogens (primary N) is 1. The summed E-state index contributed by atoms with van der Waals surface area (Å²) in [5, 5.41) is 17.1. The third-order valence-corrected chi connectivity index (χ3v) is 5.44. The van der Waals surface area contributed by atoms with Gasteiger partial charge in [0.2, 0.25) is 0 Å². The molecule has 2 aromatic heterocycles. The molecular weight excluding hydrogens is 428 g/mol. The Hall–Kier alpha value is -4.72. The first kappa shape index (κ1) is 21.1. The van der Waals surface area contributed by atoms with Crippen LogP contribution in [0.2, 0.25) is 0 Å². The number of fused-ring (bicyclic) bond motifs is 2. The number of benzene rings is 3.